The largest absolute Gasteiger partial charge is 0.391 e. The molecule has 1 N–H and O–H groups in total. The highest BCUT2D eigenvalue weighted by Crippen LogP contribution is 2.11. The molecule has 1 aliphatic heterocycles. The Labute approximate surface area is 85.5 Å². The lowest BCUT2D eigenvalue weighted by Crippen LogP contribution is -2.48. The maximum atomic E-state index is 11.8. The molecule has 0 bridgehead atoms. The number of likely N-dealkylation sites (tertiary alicyclic amines) is 1. The predicted molar refractivity (Wildman–Crippen MR) is 55.1 cm³/mol. The van der Waals surface area contributed by atoms with Crippen LogP contribution in [0.25, 0.3) is 0 Å². The van der Waals surface area contributed by atoms with Gasteiger partial charge in [-0.1, -0.05) is 0 Å². The minimum absolute atomic E-state index is 0.0637. The molecular formula is C10H20N2O2. The molecular weight excluding hydrogens is 180 g/mol. The van der Waals surface area contributed by atoms with Gasteiger partial charge in [-0.15, -0.1) is 0 Å². The molecule has 0 aromatic carbocycles. The van der Waals surface area contributed by atoms with Crippen LogP contribution in [0.4, 0.5) is 4.79 Å². The summed E-state index contributed by atoms with van der Waals surface area (Å²) in [5.41, 5.74) is 0. The number of hydrogen-bond donors (Lipinski definition) is 1. The average Bonchev–Trinajstić information content (AvgIpc) is 2.19. The Morgan fingerprint density at radius 1 is 1.50 bits per heavy atom. The third-order valence-corrected chi connectivity index (χ3v) is 2.70. The third kappa shape index (κ3) is 2.61. The van der Waals surface area contributed by atoms with Gasteiger partial charge in [0.1, 0.15) is 0 Å². The SMILES string of the molecule is CCN(CC)C(=O)N1CCCC(O)C1. The van der Waals surface area contributed by atoms with Gasteiger partial charge in [-0.05, 0) is 26.7 Å². The lowest BCUT2D eigenvalue weighted by atomic mass is 10.1. The summed E-state index contributed by atoms with van der Waals surface area (Å²) < 4.78 is 0. The van der Waals surface area contributed by atoms with Crippen molar-refractivity contribution in [2.24, 2.45) is 0 Å². The van der Waals surface area contributed by atoms with Gasteiger partial charge >= 0.3 is 6.03 Å². The van der Waals surface area contributed by atoms with E-state index in [1.54, 1.807) is 9.80 Å². The number of rotatable bonds is 2. The van der Waals surface area contributed by atoms with Crippen LogP contribution in [0.2, 0.25) is 0 Å². The van der Waals surface area contributed by atoms with Crippen molar-refractivity contribution in [1.29, 1.82) is 0 Å². The lowest BCUT2D eigenvalue weighted by Gasteiger charge is -2.34. The van der Waals surface area contributed by atoms with Crippen LogP contribution in [0.15, 0.2) is 0 Å². The van der Waals surface area contributed by atoms with Crippen molar-refractivity contribution in [3.8, 4) is 0 Å². The Balaban J connectivity index is 2.50. The summed E-state index contributed by atoms with van der Waals surface area (Å²) in [4.78, 5) is 15.4. The number of nitrogens with zero attached hydrogens (tertiary/aromatic N) is 2. The molecule has 0 aromatic rings. The standard InChI is InChI=1S/C10H20N2O2/c1-3-11(4-2)10(14)12-7-5-6-9(13)8-12/h9,13H,3-8H2,1-2H3. The van der Waals surface area contributed by atoms with Gasteiger partial charge in [-0.25, -0.2) is 4.79 Å². The van der Waals surface area contributed by atoms with Crippen LogP contribution in [0.3, 0.4) is 0 Å². The third-order valence-electron chi connectivity index (χ3n) is 2.70. The van der Waals surface area contributed by atoms with Crippen molar-refractivity contribution in [3.63, 3.8) is 0 Å². The van der Waals surface area contributed by atoms with Crippen molar-refractivity contribution in [2.45, 2.75) is 32.8 Å². The second kappa shape index (κ2) is 5.20. The summed E-state index contributed by atoms with van der Waals surface area (Å²) in [6.45, 7) is 6.70. The van der Waals surface area contributed by atoms with Crippen LogP contribution in [-0.4, -0.2) is 53.2 Å². The predicted octanol–water partition coefficient (Wildman–Crippen LogP) is 0.905. The van der Waals surface area contributed by atoms with E-state index in [-0.39, 0.29) is 12.1 Å². The lowest BCUT2D eigenvalue weighted by molar-refractivity contribution is 0.0722. The van der Waals surface area contributed by atoms with Crippen LogP contribution >= 0.6 is 0 Å². The van der Waals surface area contributed by atoms with Crippen LogP contribution < -0.4 is 0 Å². The maximum Gasteiger partial charge on any atom is 0.320 e. The summed E-state index contributed by atoms with van der Waals surface area (Å²) >= 11 is 0. The molecule has 0 aliphatic carbocycles. The first-order chi connectivity index (χ1) is 6.69. The highest BCUT2D eigenvalue weighted by atomic mass is 16.3. The number of carbonyl (C=O) groups excluding carboxylic acids is 1. The van der Waals surface area contributed by atoms with Gasteiger partial charge in [0.05, 0.1) is 6.10 Å². The van der Waals surface area contributed by atoms with Crippen LogP contribution in [0.1, 0.15) is 26.7 Å². The summed E-state index contributed by atoms with van der Waals surface area (Å²) in [6.07, 6.45) is 1.40. The van der Waals surface area contributed by atoms with E-state index in [2.05, 4.69) is 0 Å². The number of urea groups is 1. The van der Waals surface area contributed by atoms with Gasteiger partial charge in [-0.2, -0.15) is 0 Å². The van der Waals surface area contributed by atoms with E-state index in [4.69, 9.17) is 0 Å². The molecule has 0 radical (unpaired) electrons. The minimum atomic E-state index is -0.330. The smallest absolute Gasteiger partial charge is 0.320 e. The molecule has 4 nitrogen and oxygen atoms in total. The highest BCUT2D eigenvalue weighted by molar-refractivity contribution is 5.74. The minimum Gasteiger partial charge on any atom is -0.391 e. The Kier molecular flexibility index (Phi) is 4.20. The molecule has 0 saturated carbocycles. The van der Waals surface area contributed by atoms with Crippen molar-refractivity contribution in [3.05, 3.63) is 0 Å². The highest BCUT2D eigenvalue weighted by Gasteiger charge is 2.24. The van der Waals surface area contributed by atoms with E-state index in [1.807, 2.05) is 13.8 Å². The zero-order chi connectivity index (χ0) is 10.6. The quantitative estimate of drug-likeness (QED) is 0.720. The summed E-state index contributed by atoms with van der Waals surface area (Å²) in [5, 5.41) is 9.44. The molecule has 1 rings (SSSR count). The van der Waals surface area contributed by atoms with Crippen LogP contribution in [-0.2, 0) is 0 Å². The van der Waals surface area contributed by atoms with Gasteiger partial charge < -0.3 is 14.9 Å². The maximum absolute atomic E-state index is 11.8. The van der Waals surface area contributed by atoms with E-state index >= 15 is 0 Å². The Bertz CT molecular complexity index is 193. The number of carbonyl (C=O) groups is 1. The van der Waals surface area contributed by atoms with E-state index in [0.29, 0.717) is 6.54 Å². The first-order valence-electron chi connectivity index (χ1n) is 5.41. The summed E-state index contributed by atoms with van der Waals surface area (Å²) in [6, 6.07) is 0.0637. The number of aliphatic hydroxyl groups is 1. The number of piperidine rings is 1. The summed E-state index contributed by atoms with van der Waals surface area (Å²) in [5.74, 6) is 0. The molecule has 4 heteroatoms. The molecule has 0 aromatic heterocycles. The molecule has 1 fully saturated rings. The molecule has 1 aliphatic rings. The van der Waals surface area contributed by atoms with Crippen molar-refractivity contribution >= 4 is 6.03 Å². The van der Waals surface area contributed by atoms with Crippen molar-refractivity contribution in [2.75, 3.05) is 26.2 Å². The van der Waals surface area contributed by atoms with E-state index in [0.717, 1.165) is 32.5 Å². The van der Waals surface area contributed by atoms with Gasteiger partial charge in [0.2, 0.25) is 0 Å². The molecule has 82 valence electrons. The Hall–Kier alpha value is -0.770. The van der Waals surface area contributed by atoms with Crippen LogP contribution in [0, 0.1) is 0 Å². The van der Waals surface area contributed by atoms with Crippen molar-refractivity contribution < 1.29 is 9.90 Å². The summed E-state index contributed by atoms with van der Waals surface area (Å²) in [7, 11) is 0. The first-order valence-corrected chi connectivity index (χ1v) is 5.41. The second-order valence-electron chi connectivity index (χ2n) is 3.70. The second-order valence-corrected chi connectivity index (χ2v) is 3.70. The van der Waals surface area contributed by atoms with E-state index < -0.39 is 0 Å². The monoisotopic (exact) mass is 200 g/mol. The fourth-order valence-electron chi connectivity index (χ4n) is 1.82. The number of hydrogen-bond acceptors (Lipinski definition) is 2. The molecule has 14 heavy (non-hydrogen) atoms. The van der Waals surface area contributed by atoms with Gasteiger partial charge in [0, 0.05) is 26.2 Å². The molecule has 1 unspecified atom stereocenters. The topological polar surface area (TPSA) is 43.8 Å². The fourth-order valence-corrected chi connectivity index (χ4v) is 1.82. The van der Waals surface area contributed by atoms with Crippen LogP contribution in [0.5, 0.6) is 0 Å². The normalized spacial score (nSPS) is 22.2. The fraction of sp³-hybridized carbons (Fsp3) is 0.900. The van der Waals surface area contributed by atoms with Gasteiger partial charge in [0.25, 0.3) is 0 Å². The zero-order valence-corrected chi connectivity index (χ0v) is 9.07. The average molecular weight is 200 g/mol. The van der Waals surface area contributed by atoms with E-state index in [1.165, 1.54) is 0 Å². The number of β-amino-alcohol motifs (C(OH)–C–C–N with tert-alkyl or cyclic N) is 1. The first kappa shape index (κ1) is 11.3. The number of aliphatic hydroxyl groups excluding tert-OH is 1. The van der Waals surface area contributed by atoms with Crippen molar-refractivity contribution in [1.82, 2.24) is 9.80 Å². The molecule has 1 heterocycles. The molecule has 2 amide bonds. The molecule has 1 atom stereocenters. The van der Waals surface area contributed by atoms with E-state index in [9.17, 15) is 9.90 Å². The molecule has 1 saturated heterocycles. The molecule has 0 spiro atoms. The zero-order valence-electron chi connectivity index (χ0n) is 9.07. The van der Waals surface area contributed by atoms with Gasteiger partial charge in [-0.3, -0.25) is 0 Å². The number of amides is 2. The van der Waals surface area contributed by atoms with Gasteiger partial charge in [0.15, 0.2) is 0 Å². The Morgan fingerprint density at radius 2 is 2.14 bits per heavy atom. The Morgan fingerprint density at radius 3 is 2.64 bits per heavy atom.